The zero-order valence-electron chi connectivity index (χ0n) is 8.91. The largest absolute Gasteiger partial charge is 0.466 e. The highest BCUT2D eigenvalue weighted by molar-refractivity contribution is 5.72. The molecule has 0 aliphatic rings. The van der Waals surface area contributed by atoms with Crippen molar-refractivity contribution >= 4 is 5.97 Å². The maximum Gasteiger partial charge on any atom is 0.311 e. The Morgan fingerprint density at radius 3 is 2.79 bits per heavy atom. The number of aromatic nitrogens is 2. The average molecular weight is 196 g/mol. The van der Waals surface area contributed by atoms with E-state index in [4.69, 9.17) is 4.74 Å². The van der Waals surface area contributed by atoms with E-state index in [9.17, 15) is 4.79 Å². The Hall–Kier alpha value is -1.32. The summed E-state index contributed by atoms with van der Waals surface area (Å²) in [6.45, 7) is 4.27. The van der Waals surface area contributed by atoms with E-state index in [1.165, 1.54) is 0 Å². The first-order valence-electron chi connectivity index (χ1n) is 4.84. The van der Waals surface area contributed by atoms with Gasteiger partial charge in [-0.05, 0) is 19.4 Å². The second-order valence-electron chi connectivity index (χ2n) is 3.09. The van der Waals surface area contributed by atoms with E-state index in [-0.39, 0.29) is 5.97 Å². The van der Waals surface area contributed by atoms with Crippen molar-refractivity contribution in [2.75, 3.05) is 6.61 Å². The molecule has 4 heteroatoms. The van der Waals surface area contributed by atoms with Gasteiger partial charge in [0.15, 0.2) is 0 Å². The highest BCUT2D eigenvalue weighted by atomic mass is 16.5. The molecule has 0 unspecified atom stereocenters. The van der Waals surface area contributed by atoms with E-state index in [2.05, 4.69) is 5.10 Å². The number of nitrogens with zero attached hydrogens (tertiary/aromatic N) is 2. The van der Waals surface area contributed by atoms with Crippen LogP contribution in [-0.4, -0.2) is 22.4 Å². The Labute approximate surface area is 83.9 Å². The molecule has 1 rings (SSSR count). The number of carbonyl (C=O) groups is 1. The molecule has 1 heterocycles. The van der Waals surface area contributed by atoms with Gasteiger partial charge in [0, 0.05) is 12.7 Å². The van der Waals surface area contributed by atoms with Crippen molar-refractivity contribution in [1.82, 2.24) is 9.78 Å². The maximum atomic E-state index is 11.2. The van der Waals surface area contributed by atoms with Gasteiger partial charge in [-0.25, -0.2) is 0 Å². The molecule has 0 aromatic carbocycles. The fraction of sp³-hybridized carbons (Fsp3) is 0.600. The van der Waals surface area contributed by atoms with Crippen molar-refractivity contribution in [3.8, 4) is 0 Å². The fourth-order valence-corrected chi connectivity index (χ4v) is 1.27. The summed E-state index contributed by atoms with van der Waals surface area (Å²) in [5.74, 6) is -0.196. The Balaban J connectivity index is 2.66. The van der Waals surface area contributed by atoms with Crippen molar-refractivity contribution in [2.24, 2.45) is 7.05 Å². The number of aryl methyl sites for hydroxylation is 2. The number of hydrogen-bond donors (Lipinski definition) is 0. The minimum Gasteiger partial charge on any atom is -0.466 e. The molecule has 0 atom stereocenters. The van der Waals surface area contributed by atoms with Crippen LogP contribution in [0, 0.1) is 0 Å². The van der Waals surface area contributed by atoms with Gasteiger partial charge in [0.2, 0.25) is 0 Å². The lowest BCUT2D eigenvalue weighted by Crippen LogP contribution is -2.10. The number of carbonyl (C=O) groups excluding carboxylic acids is 1. The van der Waals surface area contributed by atoms with Crippen LogP contribution in [0.25, 0.3) is 0 Å². The van der Waals surface area contributed by atoms with Crippen LogP contribution in [-0.2, 0) is 29.4 Å². The summed E-state index contributed by atoms with van der Waals surface area (Å²) in [5.41, 5.74) is 1.91. The summed E-state index contributed by atoms with van der Waals surface area (Å²) in [6, 6.07) is 1.94. The van der Waals surface area contributed by atoms with E-state index in [1.807, 2.05) is 20.0 Å². The van der Waals surface area contributed by atoms with Crippen molar-refractivity contribution in [3.63, 3.8) is 0 Å². The third-order valence-corrected chi connectivity index (χ3v) is 2.02. The summed E-state index contributed by atoms with van der Waals surface area (Å²) in [6.07, 6.45) is 1.19. The topological polar surface area (TPSA) is 44.1 Å². The highest BCUT2D eigenvalue weighted by Crippen LogP contribution is 2.05. The zero-order chi connectivity index (χ0) is 10.6. The maximum absolute atomic E-state index is 11.2. The summed E-state index contributed by atoms with van der Waals surface area (Å²) >= 11 is 0. The van der Waals surface area contributed by atoms with Crippen LogP contribution in [0.3, 0.4) is 0 Å². The molecular formula is C10H16N2O2. The first kappa shape index (κ1) is 10.8. The van der Waals surface area contributed by atoms with Gasteiger partial charge in [0.05, 0.1) is 18.7 Å². The lowest BCUT2D eigenvalue weighted by molar-refractivity contribution is -0.142. The van der Waals surface area contributed by atoms with Gasteiger partial charge in [0.1, 0.15) is 0 Å². The molecule has 4 nitrogen and oxygen atoms in total. The molecule has 0 aliphatic carbocycles. The molecular weight excluding hydrogens is 180 g/mol. The van der Waals surface area contributed by atoms with E-state index in [0.717, 1.165) is 17.8 Å². The third kappa shape index (κ3) is 2.58. The standard InChI is InChI=1S/C10H16N2O2/c1-4-8-6-9(12(3)11-8)7-10(13)14-5-2/h6H,4-5,7H2,1-3H3. The lowest BCUT2D eigenvalue weighted by Gasteiger charge is -2.01. The summed E-state index contributed by atoms with van der Waals surface area (Å²) in [4.78, 5) is 11.2. The Bertz CT molecular complexity index is 318. The van der Waals surface area contributed by atoms with E-state index in [1.54, 1.807) is 11.6 Å². The van der Waals surface area contributed by atoms with Gasteiger partial charge < -0.3 is 4.74 Å². The van der Waals surface area contributed by atoms with Crippen LogP contribution in [0.1, 0.15) is 25.2 Å². The molecule has 0 N–H and O–H groups in total. The quantitative estimate of drug-likeness (QED) is 0.677. The van der Waals surface area contributed by atoms with Gasteiger partial charge in [-0.3, -0.25) is 9.48 Å². The normalized spacial score (nSPS) is 10.2. The molecule has 0 spiro atoms. The first-order valence-corrected chi connectivity index (χ1v) is 4.84. The van der Waals surface area contributed by atoms with Crippen LogP contribution in [0.15, 0.2) is 6.07 Å². The lowest BCUT2D eigenvalue weighted by atomic mass is 10.2. The third-order valence-electron chi connectivity index (χ3n) is 2.02. The second kappa shape index (κ2) is 4.79. The number of hydrogen-bond acceptors (Lipinski definition) is 3. The Morgan fingerprint density at radius 2 is 2.29 bits per heavy atom. The smallest absolute Gasteiger partial charge is 0.311 e. The summed E-state index contributed by atoms with van der Waals surface area (Å²) in [5, 5.41) is 4.25. The molecule has 0 aliphatic heterocycles. The molecule has 0 radical (unpaired) electrons. The summed E-state index contributed by atoms with van der Waals surface area (Å²) < 4.78 is 6.60. The molecule has 1 aromatic heterocycles. The molecule has 0 bridgehead atoms. The van der Waals surface area contributed by atoms with Gasteiger partial charge in [-0.15, -0.1) is 0 Å². The van der Waals surface area contributed by atoms with Crippen molar-refractivity contribution < 1.29 is 9.53 Å². The molecule has 1 aromatic rings. The second-order valence-corrected chi connectivity index (χ2v) is 3.09. The molecule has 78 valence electrons. The monoisotopic (exact) mass is 196 g/mol. The number of rotatable bonds is 4. The molecule has 0 saturated heterocycles. The minimum atomic E-state index is -0.196. The average Bonchev–Trinajstić information content (AvgIpc) is 2.48. The molecule has 0 fully saturated rings. The van der Waals surface area contributed by atoms with Crippen molar-refractivity contribution in [3.05, 3.63) is 17.5 Å². The predicted molar refractivity (Wildman–Crippen MR) is 52.9 cm³/mol. The van der Waals surface area contributed by atoms with Crippen molar-refractivity contribution in [2.45, 2.75) is 26.7 Å². The minimum absolute atomic E-state index is 0.196. The fourth-order valence-electron chi connectivity index (χ4n) is 1.27. The molecule has 0 saturated carbocycles. The molecule has 0 amide bonds. The SMILES string of the molecule is CCOC(=O)Cc1cc(CC)nn1C. The van der Waals surface area contributed by atoms with Crippen LogP contribution in [0.4, 0.5) is 0 Å². The van der Waals surface area contributed by atoms with Gasteiger partial charge in [-0.1, -0.05) is 6.92 Å². The van der Waals surface area contributed by atoms with Crippen LogP contribution >= 0.6 is 0 Å². The van der Waals surface area contributed by atoms with E-state index >= 15 is 0 Å². The van der Waals surface area contributed by atoms with Crippen LogP contribution < -0.4 is 0 Å². The summed E-state index contributed by atoms with van der Waals surface area (Å²) in [7, 11) is 1.84. The predicted octanol–water partition coefficient (Wildman–Crippen LogP) is 1.09. The number of esters is 1. The van der Waals surface area contributed by atoms with Crippen molar-refractivity contribution in [1.29, 1.82) is 0 Å². The van der Waals surface area contributed by atoms with Gasteiger partial charge >= 0.3 is 5.97 Å². The van der Waals surface area contributed by atoms with Gasteiger partial charge in [0.25, 0.3) is 0 Å². The molecule has 14 heavy (non-hydrogen) atoms. The Morgan fingerprint density at radius 1 is 1.57 bits per heavy atom. The van der Waals surface area contributed by atoms with E-state index < -0.39 is 0 Å². The van der Waals surface area contributed by atoms with Crippen LogP contribution in [0.2, 0.25) is 0 Å². The first-order chi connectivity index (χ1) is 6.67. The highest BCUT2D eigenvalue weighted by Gasteiger charge is 2.09. The van der Waals surface area contributed by atoms with Crippen LogP contribution in [0.5, 0.6) is 0 Å². The zero-order valence-corrected chi connectivity index (χ0v) is 8.91. The number of ether oxygens (including phenoxy) is 1. The Kier molecular flexibility index (Phi) is 3.68. The van der Waals surface area contributed by atoms with Gasteiger partial charge in [-0.2, -0.15) is 5.10 Å². The van der Waals surface area contributed by atoms with E-state index in [0.29, 0.717) is 13.0 Å².